The lowest BCUT2D eigenvalue weighted by Gasteiger charge is -2.32. The molecule has 1 aliphatic heterocycles. The van der Waals surface area contributed by atoms with Crippen molar-refractivity contribution in [1.29, 1.82) is 0 Å². The summed E-state index contributed by atoms with van der Waals surface area (Å²) in [7, 11) is -3.39. The van der Waals surface area contributed by atoms with E-state index in [2.05, 4.69) is 11.8 Å². The highest BCUT2D eigenvalue weighted by Gasteiger charge is 2.29. The van der Waals surface area contributed by atoms with E-state index in [1.54, 1.807) is 16.6 Å². The number of sulfonamides is 1. The van der Waals surface area contributed by atoms with Crippen molar-refractivity contribution in [2.75, 3.05) is 32.7 Å². The van der Waals surface area contributed by atoms with Crippen LogP contribution in [-0.4, -0.2) is 54.9 Å². The van der Waals surface area contributed by atoms with Crippen molar-refractivity contribution in [3.05, 3.63) is 18.0 Å². The number of hydrogen-bond acceptors (Lipinski definition) is 3. The van der Waals surface area contributed by atoms with Gasteiger partial charge in [-0.25, -0.2) is 8.42 Å². The van der Waals surface area contributed by atoms with Gasteiger partial charge in [0.1, 0.15) is 4.90 Å². The molecule has 1 aromatic heterocycles. The number of aromatic nitrogens is 1. The Bertz CT molecular complexity index is 526. The predicted molar refractivity (Wildman–Crippen MR) is 80.5 cm³/mol. The first kappa shape index (κ1) is 15.8. The molecule has 1 fully saturated rings. The van der Waals surface area contributed by atoms with Crippen LogP contribution in [0.15, 0.2) is 17.2 Å². The number of aryl methyl sites for hydroxylation is 1. The highest BCUT2D eigenvalue weighted by molar-refractivity contribution is 7.89. The van der Waals surface area contributed by atoms with E-state index < -0.39 is 10.0 Å². The van der Waals surface area contributed by atoms with E-state index in [9.17, 15) is 8.42 Å². The second kappa shape index (κ2) is 6.47. The molecule has 0 saturated carbocycles. The SMILES string of the molecule is CCN1CCN(S(=O)(=O)c2cc(CCl)n(CC)c2)CC1. The topological polar surface area (TPSA) is 45.6 Å². The van der Waals surface area contributed by atoms with Gasteiger partial charge < -0.3 is 9.47 Å². The molecule has 7 heteroatoms. The lowest BCUT2D eigenvalue weighted by Crippen LogP contribution is -2.48. The minimum absolute atomic E-state index is 0.326. The van der Waals surface area contributed by atoms with E-state index in [0.717, 1.165) is 31.9 Å². The largest absolute Gasteiger partial charge is 0.349 e. The maximum Gasteiger partial charge on any atom is 0.244 e. The van der Waals surface area contributed by atoms with E-state index >= 15 is 0 Å². The number of alkyl halides is 1. The van der Waals surface area contributed by atoms with Crippen LogP contribution < -0.4 is 0 Å². The van der Waals surface area contributed by atoms with Gasteiger partial charge in [0.25, 0.3) is 0 Å². The van der Waals surface area contributed by atoms with E-state index in [0.29, 0.717) is 23.9 Å². The average molecular weight is 320 g/mol. The molecule has 0 aromatic carbocycles. The predicted octanol–water partition coefficient (Wildman–Crippen LogP) is 1.57. The standard InChI is InChI=1S/C13H22ClN3O2S/c1-3-15-5-7-17(8-6-15)20(18,19)13-9-12(10-14)16(4-2)11-13/h9,11H,3-8,10H2,1-2H3. The summed E-state index contributed by atoms with van der Waals surface area (Å²) in [6, 6.07) is 1.69. The molecular formula is C13H22ClN3O2S. The Balaban J connectivity index is 2.20. The van der Waals surface area contributed by atoms with Gasteiger partial charge in [-0.3, -0.25) is 0 Å². The van der Waals surface area contributed by atoms with Crippen molar-refractivity contribution in [2.24, 2.45) is 0 Å². The van der Waals surface area contributed by atoms with Crippen molar-refractivity contribution in [3.8, 4) is 0 Å². The summed E-state index contributed by atoms with van der Waals surface area (Å²) in [5.41, 5.74) is 0.847. The maximum atomic E-state index is 12.6. The maximum absolute atomic E-state index is 12.6. The molecule has 0 amide bonds. The molecule has 2 rings (SSSR count). The van der Waals surface area contributed by atoms with E-state index in [1.807, 2.05) is 11.5 Å². The van der Waals surface area contributed by atoms with Gasteiger partial charge in [-0.05, 0) is 19.5 Å². The van der Waals surface area contributed by atoms with Crippen molar-refractivity contribution < 1.29 is 8.42 Å². The normalized spacial score (nSPS) is 18.6. The highest BCUT2D eigenvalue weighted by atomic mass is 35.5. The molecule has 0 radical (unpaired) electrons. The van der Waals surface area contributed by atoms with Crippen LogP contribution in [0.4, 0.5) is 0 Å². The fraction of sp³-hybridized carbons (Fsp3) is 0.692. The zero-order chi connectivity index (χ0) is 14.8. The molecular weight excluding hydrogens is 298 g/mol. The van der Waals surface area contributed by atoms with Gasteiger partial charge in [-0.15, -0.1) is 11.6 Å². The van der Waals surface area contributed by atoms with Crippen LogP contribution in [0.3, 0.4) is 0 Å². The lowest BCUT2D eigenvalue weighted by molar-refractivity contribution is 0.196. The molecule has 1 saturated heterocycles. The highest BCUT2D eigenvalue weighted by Crippen LogP contribution is 2.21. The number of halogens is 1. The molecule has 0 atom stereocenters. The summed E-state index contributed by atoms with van der Waals surface area (Å²) in [5, 5.41) is 0. The summed E-state index contributed by atoms with van der Waals surface area (Å²) in [4.78, 5) is 2.62. The monoisotopic (exact) mass is 319 g/mol. The summed E-state index contributed by atoms with van der Waals surface area (Å²) in [6.45, 7) is 8.48. The number of nitrogens with zero attached hydrogens (tertiary/aromatic N) is 3. The van der Waals surface area contributed by atoms with Crippen LogP contribution in [0.5, 0.6) is 0 Å². The Morgan fingerprint density at radius 2 is 1.80 bits per heavy atom. The van der Waals surface area contributed by atoms with Gasteiger partial charge in [-0.2, -0.15) is 4.31 Å². The van der Waals surface area contributed by atoms with Crippen LogP contribution in [0.25, 0.3) is 0 Å². The smallest absolute Gasteiger partial charge is 0.244 e. The molecule has 5 nitrogen and oxygen atoms in total. The molecule has 20 heavy (non-hydrogen) atoms. The molecule has 0 unspecified atom stereocenters. The number of piperazine rings is 1. The second-order valence-electron chi connectivity index (χ2n) is 4.93. The number of hydrogen-bond donors (Lipinski definition) is 0. The molecule has 1 aliphatic rings. The van der Waals surface area contributed by atoms with Crippen LogP contribution in [0, 0.1) is 0 Å². The molecule has 0 N–H and O–H groups in total. The number of rotatable bonds is 5. The Morgan fingerprint density at radius 3 is 2.25 bits per heavy atom. The minimum Gasteiger partial charge on any atom is -0.349 e. The van der Waals surface area contributed by atoms with Gasteiger partial charge in [0.05, 0.1) is 5.88 Å². The molecule has 0 bridgehead atoms. The van der Waals surface area contributed by atoms with Crippen LogP contribution in [0.2, 0.25) is 0 Å². The molecule has 2 heterocycles. The van der Waals surface area contributed by atoms with Crippen molar-refractivity contribution >= 4 is 21.6 Å². The van der Waals surface area contributed by atoms with E-state index in [1.165, 1.54) is 0 Å². The van der Waals surface area contributed by atoms with Gasteiger partial charge in [-0.1, -0.05) is 6.92 Å². The van der Waals surface area contributed by atoms with Crippen LogP contribution in [0.1, 0.15) is 19.5 Å². The summed E-state index contributed by atoms with van der Waals surface area (Å²) >= 11 is 5.86. The summed E-state index contributed by atoms with van der Waals surface area (Å²) in [6.07, 6.45) is 1.69. The lowest BCUT2D eigenvalue weighted by atomic mass is 10.4. The van der Waals surface area contributed by atoms with Crippen molar-refractivity contribution in [1.82, 2.24) is 13.8 Å². The summed E-state index contributed by atoms with van der Waals surface area (Å²) in [5.74, 6) is 0.326. The second-order valence-corrected chi connectivity index (χ2v) is 7.13. The van der Waals surface area contributed by atoms with Crippen LogP contribution >= 0.6 is 11.6 Å². The zero-order valence-corrected chi connectivity index (χ0v) is 13.6. The van der Waals surface area contributed by atoms with Gasteiger partial charge >= 0.3 is 0 Å². The third-order valence-electron chi connectivity index (χ3n) is 3.85. The number of likely N-dealkylation sites (N-methyl/N-ethyl adjacent to an activating group) is 1. The fourth-order valence-electron chi connectivity index (χ4n) is 2.51. The Kier molecular flexibility index (Phi) is 5.12. The van der Waals surface area contributed by atoms with E-state index in [-0.39, 0.29) is 0 Å². The first-order valence-electron chi connectivity index (χ1n) is 7.00. The first-order chi connectivity index (χ1) is 9.52. The van der Waals surface area contributed by atoms with Crippen molar-refractivity contribution in [2.45, 2.75) is 31.2 Å². The Morgan fingerprint density at radius 1 is 1.15 bits per heavy atom. The third-order valence-corrected chi connectivity index (χ3v) is 5.99. The van der Waals surface area contributed by atoms with Gasteiger partial charge in [0.2, 0.25) is 10.0 Å². The average Bonchev–Trinajstić information content (AvgIpc) is 2.91. The van der Waals surface area contributed by atoms with E-state index in [4.69, 9.17) is 11.6 Å². The minimum atomic E-state index is -3.39. The third kappa shape index (κ3) is 3.03. The Labute approximate surface area is 126 Å². The zero-order valence-electron chi connectivity index (χ0n) is 12.0. The molecule has 0 spiro atoms. The Hall–Kier alpha value is -0.560. The summed E-state index contributed by atoms with van der Waals surface area (Å²) < 4.78 is 28.7. The molecule has 1 aromatic rings. The molecule has 114 valence electrons. The van der Waals surface area contributed by atoms with Crippen molar-refractivity contribution in [3.63, 3.8) is 0 Å². The van der Waals surface area contributed by atoms with Crippen LogP contribution in [-0.2, 0) is 22.4 Å². The molecule has 0 aliphatic carbocycles. The van der Waals surface area contributed by atoms with Gasteiger partial charge in [0.15, 0.2) is 0 Å². The quantitative estimate of drug-likeness (QED) is 0.774. The first-order valence-corrected chi connectivity index (χ1v) is 8.97. The fourth-order valence-corrected chi connectivity index (χ4v) is 4.23. The van der Waals surface area contributed by atoms with Gasteiger partial charge in [0, 0.05) is 44.6 Å².